The number of carbonyl (C=O) groups excluding carboxylic acids is 1. The van der Waals surface area contributed by atoms with E-state index in [0.29, 0.717) is 6.42 Å². The second-order valence-corrected chi connectivity index (χ2v) is 3.79. The van der Waals surface area contributed by atoms with Gasteiger partial charge in [-0.15, -0.1) is 0 Å². The molecule has 0 aliphatic carbocycles. The molecule has 0 aliphatic heterocycles. The van der Waals surface area contributed by atoms with Crippen molar-refractivity contribution >= 4 is 5.78 Å². The van der Waals surface area contributed by atoms with Gasteiger partial charge < -0.3 is 14.4 Å². The highest BCUT2D eigenvalue weighted by Crippen LogP contribution is 1.84. The predicted octanol–water partition coefficient (Wildman–Crippen LogP) is 0.670. The molecule has 0 aromatic heterocycles. The van der Waals surface area contributed by atoms with Crippen LogP contribution >= 0.6 is 0 Å². The smallest absolute Gasteiger partial charge is 0.129 e. The minimum atomic E-state index is 0.255. The van der Waals surface area contributed by atoms with Crippen LogP contribution in [0.4, 0.5) is 0 Å². The third kappa shape index (κ3) is 22.6. The van der Waals surface area contributed by atoms with Crippen LogP contribution in [0.2, 0.25) is 0 Å². The number of aliphatic hydroxyl groups excluding tert-OH is 1. The number of rotatable bonds is 3. The van der Waals surface area contributed by atoms with E-state index in [0.717, 1.165) is 11.0 Å². The number of carbonyl (C=O) groups is 1. The summed E-state index contributed by atoms with van der Waals surface area (Å²) in [6, 6.07) is 0. The lowest BCUT2D eigenvalue weighted by Gasteiger charge is -2.21. The molecule has 0 fully saturated rings. The molecule has 0 amide bonds. The maximum absolute atomic E-state index is 9.81. The first-order valence-electron chi connectivity index (χ1n) is 4.24. The highest BCUT2D eigenvalue weighted by Gasteiger charge is 2.02. The topological polar surface area (TPSA) is 37.3 Å². The molecule has 0 aromatic carbocycles. The zero-order chi connectivity index (χ0) is 10.2. The molecule has 1 N–H and O–H groups in total. The highest BCUT2D eigenvalue weighted by atomic mass is 16.3. The quantitative estimate of drug-likeness (QED) is 0.642. The van der Waals surface area contributed by atoms with Gasteiger partial charge >= 0.3 is 0 Å². The van der Waals surface area contributed by atoms with Crippen LogP contribution in [0.3, 0.4) is 0 Å². The van der Waals surface area contributed by atoms with Crippen molar-refractivity contribution in [3.8, 4) is 0 Å². The maximum Gasteiger partial charge on any atom is 0.129 e. The molecule has 0 unspecified atom stereocenters. The van der Waals surface area contributed by atoms with Crippen molar-refractivity contribution in [1.82, 2.24) is 0 Å². The summed E-state index contributed by atoms with van der Waals surface area (Å²) in [6.07, 6.45) is 0.667. The fraction of sp³-hybridized carbons (Fsp3) is 0.889. The number of hydrogen-bond donors (Lipinski definition) is 1. The van der Waals surface area contributed by atoms with E-state index in [1.54, 1.807) is 6.92 Å². The van der Waals surface area contributed by atoms with Crippen molar-refractivity contribution in [3.05, 3.63) is 0 Å². The van der Waals surface area contributed by atoms with Gasteiger partial charge in [0.1, 0.15) is 12.3 Å². The van der Waals surface area contributed by atoms with Crippen LogP contribution in [-0.2, 0) is 4.79 Å². The molecule has 0 saturated carbocycles. The first-order chi connectivity index (χ1) is 5.33. The Morgan fingerprint density at radius 3 is 1.67 bits per heavy atom. The van der Waals surface area contributed by atoms with Crippen LogP contribution in [0.5, 0.6) is 0 Å². The van der Waals surface area contributed by atoms with E-state index in [4.69, 9.17) is 5.11 Å². The molecule has 3 heteroatoms. The summed E-state index contributed by atoms with van der Waals surface area (Å²) in [4.78, 5) is 9.81. The molecule has 0 saturated heterocycles. The van der Waals surface area contributed by atoms with Crippen LogP contribution in [0.15, 0.2) is 0 Å². The summed E-state index contributed by atoms with van der Waals surface area (Å²) in [5, 5.41) is 8.39. The summed E-state index contributed by atoms with van der Waals surface area (Å²) < 4.78 is 0.844. The second kappa shape index (κ2) is 7.25. The van der Waals surface area contributed by atoms with Crippen molar-refractivity contribution in [2.45, 2.75) is 20.3 Å². The summed E-state index contributed by atoms with van der Waals surface area (Å²) in [6.45, 7) is 4.55. The number of ketones is 1. The lowest BCUT2D eigenvalue weighted by Crippen LogP contribution is -2.36. The van der Waals surface area contributed by atoms with Gasteiger partial charge in [-0.1, -0.05) is 6.92 Å². The number of Topliss-reactive ketones (excluding diaryl/α,β-unsaturated/α-hetero) is 1. The molecule has 0 rings (SSSR count). The largest absolute Gasteiger partial charge is 0.391 e. The van der Waals surface area contributed by atoms with Crippen LogP contribution in [-0.4, -0.2) is 49.7 Å². The fourth-order valence-electron chi connectivity index (χ4n) is 0.300. The Morgan fingerprint density at radius 2 is 1.67 bits per heavy atom. The summed E-state index contributed by atoms with van der Waals surface area (Å²) in [5.74, 6) is 0.255. The highest BCUT2D eigenvalue weighted by molar-refractivity contribution is 5.74. The average Bonchev–Trinajstić information content (AvgIpc) is 1.86. The van der Waals surface area contributed by atoms with Crippen LogP contribution < -0.4 is 0 Å². The molecule has 0 atom stereocenters. The van der Waals surface area contributed by atoms with E-state index >= 15 is 0 Å². The van der Waals surface area contributed by atoms with Gasteiger partial charge in [0, 0.05) is 6.42 Å². The normalized spacial score (nSPS) is 10.2. The van der Waals surface area contributed by atoms with Gasteiger partial charge in [-0.3, -0.25) is 0 Å². The second-order valence-electron chi connectivity index (χ2n) is 3.79. The molecule has 74 valence electrons. The zero-order valence-corrected chi connectivity index (χ0v) is 8.92. The Kier molecular flexibility index (Phi) is 8.54. The first kappa shape index (κ1) is 14.1. The lowest BCUT2D eigenvalue weighted by molar-refractivity contribution is -0.870. The number of likely N-dealkylation sites (N-methyl/N-ethyl adjacent to an activating group) is 1. The van der Waals surface area contributed by atoms with Crippen molar-refractivity contribution in [1.29, 1.82) is 0 Å². The van der Waals surface area contributed by atoms with Gasteiger partial charge in [-0.2, -0.15) is 0 Å². The van der Waals surface area contributed by atoms with E-state index in [-0.39, 0.29) is 12.4 Å². The van der Waals surface area contributed by atoms with Gasteiger partial charge in [-0.25, -0.2) is 0 Å². The Morgan fingerprint density at radius 1 is 1.33 bits per heavy atom. The molecule has 0 heterocycles. The Balaban J connectivity index is 0. The number of nitrogens with zero attached hydrogens (tertiary/aromatic N) is 1. The monoisotopic (exact) mass is 176 g/mol. The lowest BCUT2D eigenvalue weighted by atomic mass is 10.4. The third-order valence-corrected chi connectivity index (χ3v) is 1.27. The summed E-state index contributed by atoms with van der Waals surface area (Å²) in [5.41, 5.74) is 0. The molecule has 3 nitrogen and oxygen atoms in total. The number of quaternary nitrogens is 1. The first-order valence-corrected chi connectivity index (χ1v) is 4.24. The number of hydrogen-bond acceptors (Lipinski definition) is 2. The summed E-state index contributed by atoms with van der Waals surface area (Å²) >= 11 is 0. The molecule has 0 aromatic rings. The van der Waals surface area contributed by atoms with Gasteiger partial charge in [-0.05, 0) is 6.92 Å². The van der Waals surface area contributed by atoms with Crippen LogP contribution in [0.1, 0.15) is 20.3 Å². The van der Waals surface area contributed by atoms with Gasteiger partial charge in [0.2, 0.25) is 0 Å². The minimum absolute atomic E-state index is 0.255. The van der Waals surface area contributed by atoms with Crippen LogP contribution in [0, 0.1) is 0 Å². The van der Waals surface area contributed by atoms with Crippen molar-refractivity contribution in [2.24, 2.45) is 0 Å². The van der Waals surface area contributed by atoms with E-state index < -0.39 is 0 Å². The molecular weight excluding hydrogens is 154 g/mol. The average molecular weight is 176 g/mol. The van der Waals surface area contributed by atoms with Crippen molar-refractivity contribution in [3.63, 3.8) is 0 Å². The number of aliphatic hydroxyl groups is 1. The van der Waals surface area contributed by atoms with E-state index in [1.807, 2.05) is 6.92 Å². The van der Waals surface area contributed by atoms with E-state index in [1.165, 1.54) is 0 Å². The standard InChI is InChI=1S/C5H14NO.C4H8O/c1-6(2,3)4-5-7;1-3-4(2)5/h7H,4-5H2,1-3H3;3H2,1-2H3/q+1;. The molecule has 12 heavy (non-hydrogen) atoms. The van der Waals surface area contributed by atoms with E-state index in [2.05, 4.69) is 21.1 Å². The van der Waals surface area contributed by atoms with Gasteiger partial charge in [0.15, 0.2) is 0 Å². The van der Waals surface area contributed by atoms with Gasteiger partial charge in [0.05, 0.1) is 27.7 Å². The SMILES string of the molecule is CCC(C)=O.C[N+](C)(C)CCO. The Labute approximate surface area is 75.6 Å². The Bertz CT molecular complexity index is 116. The third-order valence-electron chi connectivity index (χ3n) is 1.27. The molecule has 0 aliphatic rings. The minimum Gasteiger partial charge on any atom is -0.391 e. The van der Waals surface area contributed by atoms with Crippen molar-refractivity contribution in [2.75, 3.05) is 34.3 Å². The molecule has 0 radical (unpaired) electrons. The summed E-state index contributed by atoms with van der Waals surface area (Å²) in [7, 11) is 6.16. The predicted molar refractivity (Wildman–Crippen MR) is 51.0 cm³/mol. The maximum atomic E-state index is 9.81. The zero-order valence-electron chi connectivity index (χ0n) is 8.92. The molecular formula is C9H22NO2+. The van der Waals surface area contributed by atoms with E-state index in [9.17, 15) is 4.79 Å². The van der Waals surface area contributed by atoms with Crippen LogP contribution in [0.25, 0.3) is 0 Å². The molecule has 0 bridgehead atoms. The van der Waals surface area contributed by atoms with Crippen molar-refractivity contribution < 1.29 is 14.4 Å². The Hall–Kier alpha value is -0.410. The van der Waals surface area contributed by atoms with Gasteiger partial charge in [0.25, 0.3) is 0 Å². The fourth-order valence-corrected chi connectivity index (χ4v) is 0.300. The molecule has 0 spiro atoms.